The number of allylic oxidation sites excluding steroid dienone is 2. The van der Waals surface area contributed by atoms with Crippen LogP contribution in [-0.4, -0.2) is 26.5 Å². The molecule has 0 aliphatic heterocycles. The third-order valence-electron chi connectivity index (χ3n) is 5.27. The third-order valence-corrected chi connectivity index (χ3v) is 5.27. The number of ketones is 1. The van der Waals surface area contributed by atoms with Gasteiger partial charge in [0.1, 0.15) is 5.76 Å². The predicted octanol–water partition coefficient (Wildman–Crippen LogP) is 5.23. The molecule has 5 rings (SSSR count). The first-order chi connectivity index (χ1) is 15.7. The standard InChI is InChI=1S/C24H20N4O4/c29-22(21-10-5-13-31-21)19-15-26-28-20(11-12-25-23(19)28)16-6-4-7-17(14-16)27-24(30)32-18-8-2-1-3-9-18/h4-8,10-15H,1-3,9H2,(H,27,30). The molecule has 160 valence electrons. The fourth-order valence-corrected chi connectivity index (χ4v) is 3.73. The Bertz CT molecular complexity index is 1320. The van der Waals surface area contributed by atoms with Gasteiger partial charge in [0.05, 0.1) is 23.7 Å². The molecule has 1 aliphatic carbocycles. The molecule has 4 aromatic rings. The number of carbonyl (C=O) groups excluding carboxylic acids is 2. The fourth-order valence-electron chi connectivity index (χ4n) is 3.73. The zero-order valence-electron chi connectivity index (χ0n) is 17.2. The van der Waals surface area contributed by atoms with E-state index in [4.69, 9.17) is 9.15 Å². The lowest BCUT2D eigenvalue weighted by Crippen LogP contribution is -2.14. The maximum Gasteiger partial charge on any atom is 0.416 e. The Labute approximate surface area is 183 Å². The summed E-state index contributed by atoms with van der Waals surface area (Å²) in [7, 11) is 0. The van der Waals surface area contributed by atoms with E-state index in [0.29, 0.717) is 22.7 Å². The number of nitrogens with zero attached hydrogens (tertiary/aromatic N) is 3. The van der Waals surface area contributed by atoms with Gasteiger partial charge in [-0.3, -0.25) is 10.1 Å². The number of benzene rings is 1. The highest BCUT2D eigenvalue weighted by atomic mass is 16.6. The molecule has 0 saturated carbocycles. The molecule has 3 heterocycles. The lowest BCUT2D eigenvalue weighted by Gasteiger charge is -2.13. The molecule has 8 heteroatoms. The third kappa shape index (κ3) is 3.90. The van der Waals surface area contributed by atoms with Gasteiger partial charge in [0.15, 0.2) is 11.4 Å². The molecule has 32 heavy (non-hydrogen) atoms. The van der Waals surface area contributed by atoms with Crippen molar-refractivity contribution in [3.05, 3.63) is 84.3 Å². The fraction of sp³-hybridized carbons (Fsp3) is 0.167. The minimum atomic E-state index is -0.513. The summed E-state index contributed by atoms with van der Waals surface area (Å²) in [5.74, 6) is 0.653. The molecule has 1 N–H and O–H groups in total. The first-order valence-corrected chi connectivity index (χ1v) is 10.4. The minimum Gasteiger partial charge on any atom is -0.461 e. The second-order valence-corrected chi connectivity index (χ2v) is 7.44. The van der Waals surface area contributed by atoms with E-state index in [0.717, 1.165) is 36.9 Å². The molecule has 1 amide bonds. The van der Waals surface area contributed by atoms with Gasteiger partial charge in [0, 0.05) is 23.9 Å². The molecule has 8 nitrogen and oxygen atoms in total. The molecule has 3 aromatic heterocycles. The number of fused-ring (bicyclic) bond motifs is 1. The SMILES string of the molecule is O=C(Nc1cccc(-c2ccnc3c(C(=O)c4ccco4)cnn23)c1)OC1=CCCCC1. The van der Waals surface area contributed by atoms with Crippen molar-refractivity contribution in [2.75, 3.05) is 5.32 Å². The topological polar surface area (TPSA) is 98.7 Å². The van der Waals surface area contributed by atoms with Crippen LogP contribution in [0.4, 0.5) is 10.5 Å². The number of carbonyl (C=O) groups is 2. The highest BCUT2D eigenvalue weighted by Crippen LogP contribution is 2.25. The summed E-state index contributed by atoms with van der Waals surface area (Å²) in [4.78, 5) is 29.3. The molecule has 0 unspecified atom stereocenters. The summed E-state index contributed by atoms with van der Waals surface area (Å²) in [6, 6.07) is 12.4. The van der Waals surface area contributed by atoms with Crippen LogP contribution in [0.1, 0.15) is 41.8 Å². The number of aromatic nitrogens is 3. The van der Waals surface area contributed by atoms with Crippen molar-refractivity contribution < 1.29 is 18.7 Å². The second kappa shape index (κ2) is 8.50. The molecule has 0 fully saturated rings. The molecule has 0 atom stereocenters. The van der Waals surface area contributed by atoms with Crippen molar-refractivity contribution in [2.45, 2.75) is 25.7 Å². The summed E-state index contributed by atoms with van der Waals surface area (Å²) in [6.07, 6.45) is 9.87. The van der Waals surface area contributed by atoms with Crippen LogP contribution >= 0.6 is 0 Å². The van der Waals surface area contributed by atoms with Gasteiger partial charge in [-0.05, 0) is 55.7 Å². The number of hydrogen-bond acceptors (Lipinski definition) is 6. The summed E-state index contributed by atoms with van der Waals surface area (Å²) in [5, 5.41) is 7.14. The summed E-state index contributed by atoms with van der Waals surface area (Å²) >= 11 is 0. The van der Waals surface area contributed by atoms with E-state index >= 15 is 0 Å². The summed E-state index contributed by atoms with van der Waals surface area (Å²) in [5.41, 5.74) is 2.88. The van der Waals surface area contributed by atoms with Crippen molar-refractivity contribution in [1.82, 2.24) is 14.6 Å². The number of rotatable bonds is 5. The number of hydrogen-bond donors (Lipinski definition) is 1. The van der Waals surface area contributed by atoms with E-state index in [1.807, 2.05) is 24.3 Å². The molecule has 0 bridgehead atoms. The monoisotopic (exact) mass is 428 g/mol. The van der Waals surface area contributed by atoms with Crippen molar-refractivity contribution in [3.8, 4) is 11.3 Å². The highest BCUT2D eigenvalue weighted by molar-refractivity contribution is 6.10. The van der Waals surface area contributed by atoms with Crippen LogP contribution in [0.5, 0.6) is 0 Å². The van der Waals surface area contributed by atoms with Crippen molar-refractivity contribution >= 4 is 23.2 Å². The zero-order valence-corrected chi connectivity index (χ0v) is 17.2. The molecular weight excluding hydrogens is 408 g/mol. The van der Waals surface area contributed by atoms with Crippen LogP contribution in [0.25, 0.3) is 16.9 Å². The van der Waals surface area contributed by atoms with Gasteiger partial charge in [0.25, 0.3) is 0 Å². The highest BCUT2D eigenvalue weighted by Gasteiger charge is 2.20. The first-order valence-electron chi connectivity index (χ1n) is 10.4. The average molecular weight is 428 g/mol. The van der Waals surface area contributed by atoms with Crippen molar-refractivity contribution in [1.29, 1.82) is 0 Å². The van der Waals surface area contributed by atoms with Crippen LogP contribution < -0.4 is 5.32 Å². The van der Waals surface area contributed by atoms with Gasteiger partial charge in [-0.25, -0.2) is 14.3 Å². The van der Waals surface area contributed by atoms with Gasteiger partial charge < -0.3 is 9.15 Å². The second-order valence-electron chi connectivity index (χ2n) is 7.44. The van der Waals surface area contributed by atoms with E-state index in [9.17, 15) is 9.59 Å². The maximum atomic E-state index is 12.7. The summed E-state index contributed by atoms with van der Waals surface area (Å²) in [6.45, 7) is 0. The van der Waals surface area contributed by atoms with Crippen LogP contribution in [0, 0.1) is 0 Å². The average Bonchev–Trinajstić information content (AvgIpc) is 3.50. The normalized spacial score (nSPS) is 13.6. The van der Waals surface area contributed by atoms with Crippen LogP contribution in [0.3, 0.4) is 0 Å². The predicted molar refractivity (Wildman–Crippen MR) is 117 cm³/mol. The number of nitrogens with one attached hydrogen (secondary N) is 1. The zero-order chi connectivity index (χ0) is 21.9. The van der Waals surface area contributed by atoms with Gasteiger partial charge in [-0.1, -0.05) is 12.1 Å². The van der Waals surface area contributed by atoms with Crippen molar-refractivity contribution in [3.63, 3.8) is 0 Å². The van der Waals surface area contributed by atoms with Crippen molar-refractivity contribution in [2.24, 2.45) is 0 Å². The van der Waals surface area contributed by atoms with E-state index in [-0.39, 0.29) is 11.5 Å². The Balaban J connectivity index is 1.41. The maximum absolute atomic E-state index is 12.7. The molecule has 0 spiro atoms. The molecule has 1 aromatic carbocycles. The van der Waals surface area contributed by atoms with Crippen LogP contribution in [-0.2, 0) is 4.74 Å². The Morgan fingerprint density at radius 3 is 2.88 bits per heavy atom. The number of ether oxygens (including phenoxy) is 1. The van der Waals surface area contributed by atoms with E-state index in [1.165, 1.54) is 12.5 Å². The molecule has 0 saturated heterocycles. The molecular formula is C24H20N4O4. The van der Waals surface area contributed by atoms with Gasteiger partial charge in [-0.15, -0.1) is 0 Å². The van der Waals surface area contributed by atoms with Gasteiger partial charge in [0.2, 0.25) is 5.78 Å². The smallest absolute Gasteiger partial charge is 0.416 e. The Morgan fingerprint density at radius 2 is 2.06 bits per heavy atom. The van der Waals surface area contributed by atoms with Crippen LogP contribution in [0.2, 0.25) is 0 Å². The number of amides is 1. The molecule has 0 radical (unpaired) electrons. The lowest BCUT2D eigenvalue weighted by molar-refractivity contribution is 0.101. The van der Waals surface area contributed by atoms with Gasteiger partial charge in [-0.2, -0.15) is 5.10 Å². The van der Waals surface area contributed by atoms with Gasteiger partial charge >= 0.3 is 6.09 Å². The molecule has 1 aliphatic rings. The van der Waals surface area contributed by atoms with E-state index in [1.54, 1.807) is 35.0 Å². The Morgan fingerprint density at radius 1 is 1.12 bits per heavy atom. The van der Waals surface area contributed by atoms with Crippen LogP contribution in [0.15, 0.2) is 77.4 Å². The Kier molecular flexibility index (Phi) is 5.25. The first kappa shape index (κ1) is 19.7. The minimum absolute atomic E-state index is 0.227. The van der Waals surface area contributed by atoms with E-state index in [2.05, 4.69) is 15.4 Å². The number of furan rings is 1. The number of anilines is 1. The largest absolute Gasteiger partial charge is 0.461 e. The van der Waals surface area contributed by atoms with E-state index < -0.39 is 6.09 Å². The summed E-state index contributed by atoms with van der Waals surface area (Å²) < 4.78 is 12.2. The Hall–Kier alpha value is -4.20. The quantitative estimate of drug-likeness (QED) is 0.437. The lowest BCUT2D eigenvalue weighted by atomic mass is 10.1.